The van der Waals surface area contributed by atoms with Crippen LogP contribution in [0.3, 0.4) is 0 Å². The molecule has 6 nitrogen and oxygen atoms in total. The van der Waals surface area contributed by atoms with Crippen molar-refractivity contribution >= 4 is 53.1 Å². The Morgan fingerprint density at radius 2 is 1.79 bits per heavy atom. The molecule has 178 valence electrons. The number of rotatable bonds is 7. The van der Waals surface area contributed by atoms with Gasteiger partial charge in [0.1, 0.15) is 5.82 Å². The van der Waals surface area contributed by atoms with E-state index in [9.17, 15) is 9.59 Å². The summed E-state index contributed by atoms with van der Waals surface area (Å²) in [5, 5.41) is 3.50. The van der Waals surface area contributed by atoms with Crippen molar-refractivity contribution in [3.8, 4) is 0 Å². The molecule has 1 aliphatic rings. The number of amides is 3. The number of nitrogens with one attached hydrogen (secondary N) is 1. The maximum atomic E-state index is 13.5. The van der Waals surface area contributed by atoms with Gasteiger partial charge in [0.2, 0.25) is 5.91 Å². The van der Waals surface area contributed by atoms with E-state index in [1.54, 1.807) is 28.0 Å². The molecule has 1 atom stereocenters. The molecule has 34 heavy (non-hydrogen) atoms. The summed E-state index contributed by atoms with van der Waals surface area (Å²) in [5.74, 6) is 0.331. The van der Waals surface area contributed by atoms with E-state index in [1.165, 1.54) is 0 Å². The van der Waals surface area contributed by atoms with Gasteiger partial charge in [-0.15, -0.1) is 12.4 Å². The molecule has 0 aliphatic carbocycles. The summed E-state index contributed by atoms with van der Waals surface area (Å²) in [6.45, 7) is 4.79. The molecular formula is C26H28Cl2N4O2. The number of fused-ring (bicyclic) bond motifs is 1. The van der Waals surface area contributed by atoms with Gasteiger partial charge in [-0.3, -0.25) is 9.69 Å². The zero-order valence-electron chi connectivity index (χ0n) is 19.2. The molecule has 1 N–H and O–H groups in total. The maximum Gasteiger partial charge on any atom is 0.329 e. The quantitative estimate of drug-likeness (QED) is 0.406. The average Bonchev–Trinajstić information content (AvgIpc) is 2.83. The number of benzene rings is 2. The number of carbonyl (C=O) groups is 2. The lowest BCUT2D eigenvalue weighted by atomic mass is 10.1. The van der Waals surface area contributed by atoms with Crippen LogP contribution >= 0.6 is 24.0 Å². The molecule has 0 spiro atoms. The lowest BCUT2D eigenvalue weighted by molar-refractivity contribution is -0.119. The second-order valence-corrected chi connectivity index (χ2v) is 8.65. The summed E-state index contributed by atoms with van der Waals surface area (Å²) in [6.07, 6.45) is 1.49. The van der Waals surface area contributed by atoms with Gasteiger partial charge < -0.3 is 10.2 Å². The SMILES string of the molecule is CC[C@@H](C)C(=O)Nc1ccc2c(n1)CN(CCc1ccccc1)C(=O)N2c1ccc(Cl)cc1.Cl. The van der Waals surface area contributed by atoms with Gasteiger partial charge in [-0.2, -0.15) is 0 Å². The third-order valence-electron chi connectivity index (χ3n) is 5.90. The highest BCUT2D eigenvalue weighted by molar-refractivity contribution is 6.30. The largest absolute Gasteiger partial charge is 0.329 e. The molecule has 0 unspecified atom stereocenters. The molecule has 3 aromatic rings. The lowest BCUT2D eigenvalue weighted by Crippen LogP contribution is -2.46. The molecule has 3 amide bonds. The molecule has 1 aliphatic heterocycles. The molecule has 0 fully saturated rings. The molecule has 0 saturated heterocycles. The number of nitrogens with zero attached hydrogens (tertiary/aromatic N) is 3. The Hall–Kier alpha value is -3.09. The first-order valence-corrected chi connectivity index (χ1v) is 11.5. The number of pyridine rings is 1. The predicted octanol–water partition coefficient (Wildman–Crippen LogP) is 6.46. The minimum absolute atomic E-state index is 0. The Balaban J connectivity index is 0.00000324. The van der Waals surface area contributed by atoms with Crippen molar-refractivity contribution in [2.75, 3.05) is 16.8 Å². The number of carbonyl (C=O) groups excluding carboxylic acids is 2. The third kappa shape index (κ3) is 5.69. The first-order valence-electron chi connectivity index (χ1n) is 11.2. The number of hydrogen-bond acceptors (Lipinski definition) is 3. The fourth-order valence-electron chi connectivity index (χ4n) is 3.73. The highest BCUT2D eigenvalue weighted by Gasteiger charge is 2.32. The maximum absolute atomic E-state index is 13.5. The van der Waals surface area contributed by atoms with Crippen molar-refractivity contribution in [2.24, 2.45) is 5.92 Å². The Bertz CT molecular complexity index is 1140. The van der Waals surface area contributed by atoms with Gasteiger partial charge in [0.15, 0.2) is 0 Å². The zero-order chi connectivity index (χ0) is 23.4. The van der Waals surface area contributed by atoms with Crippen LogP contribution in [0.15, 0.2) is 66.7 Å². The van der Waals surface area contributed by atoms with Crippen molar-refractivity contribution in [2.45, 2.75) is 33.2 Å². The molecule has 2 aromatic carbocycles. The Labute approximate surface area is 211 Å². The van der Waals surface area contributed by atoms with E-state index >= 15 is 0 Å². The van der Waals surface area contributed by atoms with Gasteiger partial charge in [0.25, 0.3) is 0 Å². The summed E-state index contributed by atoms with van der Waals surface area (Å²) in [4.78, 5) is 34.0. The molecular weight excluding hydrogens is 471 g/mol. The molecule has 0 saturated carbocycles. The van der Waals surface area contributed by atoms with E-state index in [0.29, 0.717) is 35.3 Å². The minimum Gasteiger partial charge on any atom is -0.318 e. The van der Waals surface area contributed by atoms with E-state index in [2.05, 4.69) is 17.4 Å². The fraction of sp³-hybridized carbons (Fsp3) is 0.269. The molecule has 8 heteroatoms. The monoisotopic (exact) mass is 498 g/mol. The number of hydrogen-bond donors (Lipinski definition) is 1. The van der Waals surface area contributed by atoms with Crippen LogP contribution in [-0.4, -0.2) is 28.4 Å². The standard InChI is InChI=1S/C26H27ClN4O2.ClH/c1-3-18(2)25(32)29-24-14-13-23-22(28-24)17-30(16-15-19-7-5-4-6-8-19)26(33)31(23)21-11-9-20(27)10-12-21;/h4-14,18H,3,15-17H2,1-2H3,(H,28,29,32);1H/t18-;/m1./s1. The van der Waals surface area contributed by atoms with Gasteiger partial charge in [0, 0.05) is 17.5 Å². The fourth-order valence-corrected chi connectivity index (χ4v) is 3.86. The van der Waals surface area contributed by atoms with E-state index in [1.807, 2.05) is 50.2 Å². The van der Waals surface area contributed by atoms with E-state index < -0.39 is 0 Å². The van der Waals surface area contributed by atoms with Crippen LogP contribution < -0.4 is 10.2 Å². The van der Waals surface area contributed by atoms with Gasteiger partial charge in [-0.25, -0.2) is 9.78 Å². The molecule has 1 aromatic heterocycles. The van der Waals surface area contributed by atoms with Crippen LogP contribution in [0.25, 0.3) is 0 Å². The molecule has 2 heterocycles. The van der Waals surface area contributed by atoms with E-state index in [4.69, 9.17) is 16.6 Å². The second kappa shape index (κ2) is 11.4. The van der Waals surface area contributed by atoms with Crippen LogP contribution in [0, 0.1) is 5.92 Å². The smallest absolute Gasteiger partial charge is 0.318 e. The summed E-state index contributed by atoms with van der Waals surface area (Å²) in [5.41, 5.74) is 3.32. The topological polar surface area (TPSA) is 65.5 Å². The van der Waals surface area contributed by atoms with Gasteiger partial charge in [0.05, 0.1) is 23.6 Å². The van der Waals surface area contributed by atoms with Crippen LogP contribution in [0.1, 0.15) is 31.5 Å². The predicted molar refractivity (Wildman–Crippen MR) is 139 cm³/mol. The first kappa shape index (κ1) is 25.5. The highest BCUT2D eigenvalue weighted by Crippen LogP contribution is 2.35. The summed E-state index contributed by atoms with van der Waals surface area (Å²) in [6, 6.07) is 20.7. The Morgan fingerprint density at radius 3 is 2.47 bits per heavy atom. The normalized spacial score (nSPS) is 13.7. The summed E-state index contributed by atoms with van der Waals surface area (Å²) >= 11 is 6.07. The van der Waals surface area contributed by atoms with Crippen LogP contribution in [0.2, 0.25) is 5.02 Å². The second-order valence-electron chi connectivity index (χ2n) is 8.21. The highest BCUT2D eigenvalue weighted by atomic mass is 35.5. The number of halogens is 2. The van der Waals surface area contributed by atoms with Crippen molar-refractivity contribution in [1.82, 2.24) is 9.88 Å². The minimum atomic E-state index is -0.112. The Morgan fingerprint density at radius 1 is 1.09 bits per heavy atom. The lowest BCUT2D eigenvalue weighted by Gasteiger charge is -2.36. The molecule has 0 radical (unpaired) electrons. The first-order chi connectivity index (χ1) is 16.0. The molecule has 0 bridgehead atoms. The zero-order valence-corrected chi connectivity index (χ0v) is 20.8. The summed E-state index contributed by atoms with van der Waals surface area (Å²) in [7, 11) is 0. The average molecular weight is 499 g/mol. The van der Waals surface area contributed by atoms with E-state index in [-0.39, 0.29) is 30.3 Å². The van der Waals surface area contributed by atoms with Crippen molar-refractivity contribution in [1.29, 1.82) is 0 Å². The number of aromatic nitrogens is 1. The van der Waals surface area contributed by atoms with Crippen LogP contribution in [-0.2, 0) is 17.8 Å². The summed E-state index contributed by atoms with van der Waals surface area (Å²) < 4.78 is 0. The van der Waals surface area contributed by atoms with Crippen LogP contribution in [0.4, 0.5) is 22.0 Å². The third-order valence-corrected chi connectivity index (χ3v) is 6.15. The van der Waals surface area contributed by atoms with Crippen molar-refractivity contribution < 1.29 is 9.59 Å². The van der Waals surface area contributed by atoms with Gasteiger partial charge in [-0.1, -0.05) is 55.8 Å². The van der Waals surface area contributed by atoms with Crippen molar-refractivity contribution in [3.05, 3.63) is 83.0 Å². The molecule has 4 rings (SSSR count). The Kier molecular flexibility index (Phi) is 8.53. The van der Waals surface area contributed by atoms with E-state index in [0.717, 1.165) is 24.1 Å². The number of anilines is 3. The van der Waals surface area contributed by atoms with Crippen LogP contribution in [0.5, 0.6) is 0 Å². The number of urea groups is 1. The van der Waals surface area contributed by atoms with Crippen molar-refractivity contribution in [3.63, 3.8) is 0 Å². The van der Waals surface area contributed by atoms with Gasteiger partial charge in [-0.05, 0) is 54.8 Å². The van der Waals surface area contributed by atoms with Gasteiger partial charge >= 0.3 is 6.03 Å².